The van der Waals surface area contributed by atoms with Crippen molar-refractivity contribution in [2.45, 2.75) is 32.9 Å². The number of aromatic carboxylic acids is 1. The Labute approximate surface area is 97.0 Å². The lowest BCUT2D eigenvalue weighted by Gasteiger charge is -2.19. The van der Waals surface area contributed by atoms with Gasteiger partial charge in [0, 0.05) is 0 Å². The van der Waals surface area contributed by atoms with E-state index in [0.29, 0.717) is 0 Å². The van der Waals surface area contributed by atoms with Crippen LogP contribution in [0.4, 0.5) is 4.79 Å². The summed E-state index contributed by atoms with van der Waals surface area (Å²) >= 11 is 0. The van der Waals surface area contributed by atoms with E-state index in [4.69, 9.17) is 9.84 Å². The molecule has 0 unspecified atom stereocenters. The summed E-state index contributed by atoms with van der Waals surface area (Å²) in [7, 11) is 0. The zero-order valence-electron chi connectivity index (χ0n) is 9.68. The molecule has 1 aromatic rings. The van der Waals surface area contributed by atoms with Crippen molar-refractivity contribution in [3.05, 3.63) is 11.7 Å². The number of carbonyl (C=O) groups is 2. The molecule has 0 spiro atoms. The Kier molecular flexibility index (Phi) is 3.66. The summed E-state index contributed by atoms with van der Waals surface area (Å²) in [6, 6.07) is 0. The topological polar surface area (TPSA) is 115 Å². The van der Waals surface area contributed by atoms with Gasteiger partial charge in [-0.2, -0.15) is 4.98 Å². The Hall–Kier alpha value is -2.12. The predicted molar refractivity (Wildman–Crippen MR) is 54.3 cm³/mol. The average molecular weight is 243 g/mol. The van der Waals surface area contributed by atoms with Gasteiger partial charge in [0.05, 0.1) is 0 Å². The van der Waals surface area contributed by atoms with Crippen LogP contribution in [-0.4, -0.2) is 32.9 Å². The third kappa shape index (κ3) is 4.49. The molecule has 17 heavy (non-hydrogen) atoms. The van der Waals surface area contributed by atoms with E-state index in [0.717, 1.165) is 0 Å². The van der Waals surface area contributed by atoms with E-state index in [2.05, 4.69) is 20.0 Å². The Bertz CT molecular complexity index is 421. The van der Waals surface area contributed by atoms with Crippen molar-refractivity contribution < 1.29 is 24.0 Å². The molecule has 0 aliphatic rings. The number of rotatable bonds is 3. The first-order valence-corrected chi connectivity index (χ1v) is 4.80. The highest BCUT2D eigenvalue weighted by Gasteiger charge is 2.17. The molecule has 1 heterocycles. The molecule has 94 valence electrons. The lowest BCUT2D eigenvalue weighted by Crippen LogP contribution is -2.32. The van der Waals surface area contributed by atoms with E-state index in [1.54, 1.807) is 20.8 Å². The number of carboxylic acids is 1. The van der Waals surface area contributed by atoms with Crippen LogP contribution in [0.5, 0.6) is 0 Å². The number of aromatic nitrogens is 2. The van der Waals surface area contributed by atoms with Crippen molar-refractivity contribution in [1.82, 2.24) is 15.5 Å². The molecule has 8 heteroatoms. The first-order chi connectivity index (χ1) is 7.78. The average Bonchev–Trinajstić information content (AvgIpc) is 2.60. The Morgan fingerprint density at radius 3 is 2.59 bits per heavy atom. The Morgan fingerprint density at radius 2 is 2.12 bits per heavy atom. The number of carboxylic acid groups (broad SMARTS) is 1. The summed E-state index contributed by atoms with van der Waals surface area (Å²) in [5, 5.41) is 14.1. The van der Waals surface area contributed by atoms with E-state index >= 15 is 0 Å². The highest BCUT2D eigenvalue weighted by Crippen LogP contribution is 2.06. The second-order valence-corrected chi connectivity index (χ2v) is 4.17. The van der Waals surface area contributed by atoms with Gasteiger partial charge in [0.15, 0.2) is 0 Å². The number of nitrogens with one attached hydrogen (secondary N) is 1. The van der Waals surface area contributed by atoms with E-state index in [9.17, 15) is 9.59 Å². The fourth-order valence-corrected chi connectivity index (χ4v) is 0.875. The van der Waals surface area contributed by atoms with Crippen LogP contribution in [0, 0.1) is 0 Å². The van der Waals surface area contributed by atoms with Gasteiger partial charge < -0.3 is 19.7 Å². The molecule has 0 aromatic carbocycles. The van der Waals surface area contributed by atoms with Gasteiger partial charge in [-0.3, -0.25) is 0 Å². The lowest BCUT2D eigenvalue weighted by molar-refractivity contribution is 0.0517. The second-order valence-electron chi connectivity index (χ2n) is 4.17. The molecule has 1 amide bonds. The van der Waals surface area contributed by atoms with Crippen LogP contribution in [-0.2, 0) is 11.3 Å². The minimum absolute atomic E-state index is 0.00624. The summed E-state index contributed by atoms with van der Waals surface area (Å²) in [6.07, 6.45) is -0.646. The van der Waals surface area contributed by atoms with Crippen molar-refractivity contribution in [1.29, 1.82) is 0 Å². The van der Waals surface area contributed by atoms with Crippen LogP contribution in [0.3, 0.4) is 0 Å². The number of hydrogen-bond acceptors (Lipinski definition) is 6. The quantitative estimate of drug-likeness (QED) is 0.806. The normalized spacial score (nSPS) is 11.0. The summed E-state index contributed by atoms with van der Waals surface area (Å²) < 4.78 is 9.55. The van der Waals surface area contributed by atoms with Gasteiger partial charge in [-0.25, -0.2) is 9.59 Å². The van der Waals surface area contributed by atoms with Gasteiger partial charge in [0.2, 0.25) is 5.89 Å². The fraction of sp³-hybridized carbons (Fsp3) is 0.556. The smallest absolute Gasteiger partial charge is 0.408 e. The number of amides is 1. The second kappa shape index (κ2) is 4.81. The summed E-state index contributed by atoms with van der Waals surface area (Å²) in [6.45, 7) is 5.08. The van der Waals surface area contributed by atoms with E-state index < -0.39 is 23.5 Å². The molecule has 0 fully saturated rings. The molecule has 0 aliphatic heterocycles. The van der Waals surface area contributed by atoms with Crippen LogP contribution < -0.4 is 5.32 Å². The minimum atomic E-state index is -1.29. The Morgan fingerprint density at radius 1 is 1.47 bits per heavy atom. The number of alkyl carbamates (subject to hydrolysis) is 1. The molecule has 1 aromatic heterocycles. The molecule has 0 aliphatic carbocycles. The van der Waals surface area contributed by atoms with Crippen molar-refractivity contribution in [3.63, 3.8) is 0 Å². The molecule has 0 bridgehead atoms. The van der Waals surface area contributed by atoms with Gasteiger partial charge >= 0.3 is 12.1 Å². The largest absolute Gasteiger partial charge is 0.475 e. The standard InChI is InChI=1S/C9H13N3O5/c1-9(2,3)16-8(15)10-4-5-11-6(7(13)14)12-17-5/h4H2,1-3H3,(H,10,15)(H,13,14). The van der Waals surface area contributed by atoms with Crippen LogP contribution in [0.15, 0.2) is 4.52 Å². The highest BCUT2D eigenvalue weighted by atomic mass is 16.6. The SMILES string of the molecule is CC(C)(C)OC(=O)NCc1nc(C(=O)O)no1. The van der Waals surface area contributed by atoms with E-state index in [1.165, 1.54) is 0 Å². The molecular weight excluding hydrogens is 230 g/mol. The van der Waals surface area contributed by atoms with Crippen molar-refractivity contribution >= 4 is 12.1 Å². The van der Waals surface area contributed by atoms with Gasteiger partial charge in [-0.1, -0.05) is 0 Å². The molecule has 2 N–H and O–H groups in total. The molecule has 0 radical (unpaired) electrons. The molecule has 0 saturated heterocycles. The molecular formula is C9H13N3O5. The van der Waals surface area contributed by atoms with Gasteiger partial charge in [-0.05, 0) is 25.9 Å². The first-order valence-electron chi connectivity index (χ1n) is 4.80. The maximum absolute atomic E-state index is 11.2. The molecule has 0 saturated carbocycles. The fourth-order valence-electron chi connectivity index (χ4n) is 0.875. The summed E-state index contributed by atoms with van der Waals surface area (Å²) in [5.74, 6) is -1.75. The molecule has 0 atom stereocenters. The maximum Gasteiger partial charge on any atom is 0.408 e. The van der Waals surface area contributed by atoms with Gasteiger partial charge in [-0.15, -0.1) is 0 Å². The third-order valence-corrected chi connectivity index (χ3v) is 1.44. The zero-order chi connectivity index (χ0) is 13.1. The van der Waals surface area contributed by atoms with E-state index in [1.807, 2.05) is 0 Å². The number of ether oxygens (including phenoxy) is 1. The van der Waals surface area contributed by atoms with Crippen LogP contribution >= 0.6 is 0 Å². The zero-order valence-corrected chi connectivity index (χ0v) is 9.68. The minimum Gasteiger partial charge on any atom is -0.475 e. The summed E-state index contributed by atoms with van der Waals surface area (Å²) in [4.78, 5) is 25.2. The van der Waals surface area contributed by atoms with Gasteiger partial charge in [0.25, 0.3) is 5.82 Å². The Balaban J connectivity index is 2.45. The first kappa shape index (κ1) is 12.9. The molecule has 1 rings (SSSR count). The number of carbonyl (C=O) groups excluding carboxylic acids is 1. The van der Waals surface area contributed by atoms with Gasteiger partial charge in [0.1, 0.15) is 12.1 Å². The summed E-state index contributed by atoms with van der Waals surface area (Å²) in [5.41, 5.74) is -0.606. The van der Waals surface area contributed by atoms with Crippen molar-refractivity contribution in [2.24, 2.45) is 0 Å². The molecule has 8 nitrogen and oxygen atoms in total. The predicted octanol–water partition coefficient (Wildman–Crippen LogP) is 0.792. The highest BCUT2D eigenvalue weighted by molar-refractivity contribution is 5.82. The third-order valence-electron chi connectivity index (χ3n) is 1.44. The van der Waals surface area contributed by atoms with Crippen molar-refractivity contribution in [2.75, 3.05) is 0 Å². The lowest BCUT2D eigenvalue weighted by atomic mass is 10.2. The maximum atomic E-state index is 11.2. The van der Waals surface area contributed by atoms with Crippen LogP contribution in [0.25, 0.3) is 0 Å². The monoisotopic (exact) mass is 243 g/mol. The number of hydrogen-bond donors (Lipinski definition) is 2. The van der Waals surface area contributed by atoms with Crippen LogP contribution in [0.2, 0.25) is 0 Å². The van der Waals surface area contributed by atoms with Crippen molar-refractivity contribution in [3.8, 4) is 0 Å². The van der Waals surface area contributed by atoms with Crippen LogP contribution in [0.1, 0.15) is 37.3 Å². The number of nitrogens with zero attached hydrogens (tertiary/aromatic N) is 2. The van der Waals surface area contributed by atoms with E-state index in [-0.39, 0.29) is 12.4 Å².